The third-order valence-corrected chi connectivity index (χ3v) is 5.98. The fourth-order valence-corrected chi connectivity index (χ4v) is 4.51. The number of nitrogens with zero attached hydrogens (tertiary/aromatic N) is 4. The predicted octanol–water partition coefficient (Wildman–Crippen LogP) is 2.47. The summed E-state index contributed by atoms with van der Waals surface area (Å²) >= 11 is 0. The summed E-state index contributed by atoms with van der Waals surface area (Å²) in [6.07, 6.45) is 8.94. The zero-order chi connectivity index (χ0) is 18.9. The van der Waals surface area contributed by atoms with Crippen molar-refractivity contribution in [2.24, 2.45) is 12.5 Å². The molecule has 0 aliphatic carbocycles. The Hall–Kier alpha value is -2.63. The van der Waals surface area contributed by atoms with Gasteiger partial charge in [0, 0.05) is 63.7 Å². The molecule has 2 aromatic rings. The second-order valence-corrected chi connectivity index (χ2v) is 7.94. The monoisotopic (exact) mass is 366 g/mol. The summed E-state index contributed by atoms with van der Waals surface area (Å²) in [7, 11) is 1.91. The van der Waals surface area contributed by atoms with Crippen molar-refractivity contribution in [3.05, 3.63) is 54.1 Å². The molecule has 2 aromatic heterocycles. The Morgan fingerprint density at radius 1 is 1.19 bits per heavy atom. The van der Waals surface area contributed by atoms with Crippen LogP contribution in [-0.2, 0) is 18.4 Å². The molecule has 4 rings (SSSR count). The second-order valence-electron chi connectivity index (χ2n) is 7.94. The molecule has 0 radical (unpaired) electrons. The van der Waals surface area contributed by atoms with Crippen molar-refractivity contribution >= 4 is 11.8 Å². The van der Waals surface area contributed by atoms with Gasteiger partial charge >= 0.3 is 0 Å². The van der Waals surface area contributed by atoms with Gasteiger partial charge in [-0.25, -0.2) is 0 Å². The average molecular weight is 366 g/mol. The number of carbonyl (C=O) groups is 2. The summed E-state index contributed by atoms with van der Waals surface area (Å²) < 4.78 is 1.88. The first-order valence-corrected chi connectivity index (χ1v) is 9.64. The third kappa shape index (κ3) is 3.61. The van der Waals surface area contributed by atoms with Gasteiger partial charge in [-0.2, -0.15) is 0 Å². The normalized spacial score (nSPS) is 23.1. The first-order valence-electron chi connectivity index (χ1n) is 9.64. The lowest BCUT2D eigenvalue weighted by Crippen LogP contribution is -2.55. The second kappa shape index (κ2) is 7.18. The van der Waals surface area contributed by atoms with Crippen LogP contribution in [0.1, 0.15) is 41.7 Å². The average Bonchev–Trinajstić information content (AvgIpc) is 3.11. The maximum Gasteiger partial charge on any atom is 0.270 e. The van der Waals surface area contributed by atoms with E-state index in [9.17, 15) is 9.59 Å². The van der Waals surface area contributed by atoms with Gasteiger partial charge in [-0.05, 0) is 49.1 Å². The highest BCUT2D eigenvalue weighted by atomic mass is 16.2. The number of aromatic nitrogens is 2. The Labute approximate surface area is 159 Å². The van der Waals surface area contributed by atoms with E-state index in [4.69, 9.17) is 0 Å². The van der Waals surface area contributed by atoms with Crippen molar-refractivity contribution in [3.8, 4) is 0 Å². The van der Waals surface area contributed by atoms with Gasteiger partial charge in [-0.15, -0.1) is 0 Å². The molecule has 1 atom stereocenters. The van der Waals surface area contributed by atoms with Gasteiger partial charge in [0.2, 0.25) is 5.91 Å². The van der Waals surface area contributed by atoms with Crippen LogP contribution in [0.15, 0.2) is 42.9 Å². The summed E-state index contributed by atoms with van der Waals surface area (Å²) in [4.78, 5) is 33.5. The lowest BCUT2D eigenvalue weighted by molar-refractivity contribution is -0.139. The largest absolute Gasteiger partial charge is 0.347 e. The molecular weight excluding hydrogens is 340 g/mol. The van der Waals surface area contributed by atoms with Crippen molar-refractivity contribution in [1.82, 2.24) is 19.4 Å². The third-order valence-electron chi connectivity index (χ3n) is 5.98. The van der Waals surface area contributed by atoms with Crippen molar-refractivity contribution in [1.29, 1.82) is 0 Å². The molecule has 0 saturated carbocycles. The molecule has 0 bridgehead atoms. The van der Waals surface area contributed by atoms with Crippen molar-refractivity contribution in [2.45, 2.75) is 32.2 Å². The molecule has 27 heavy (non-hydrogen) atoms. The van der Waals surface area contributed by atoms with E-state index in [-0.39, 0.29) is 17.2 Å². The van der Waals surface area contributed by atoms with E-state index < -0.39 is 0 Å². The van der Waals surface area contributed by atoms with Crippen molar-refractivity contribution < 1.29 is 9.59 Å². The van der Waals surface area contributed by atoms with Crippen LogP contribution >= 0.6 is 0 Å². The van der Waals surface area contributed by atoms with E-state index in [2.05, 4.69) is 4.98 Å². The highest BCUT2D eigenvalue weighted by Gasteiger charge is 2.43. The number of likely N-dealkylation sites (tertiary alicyclic amines) is 2. The van der Waals surface area contributed by atoms with Crippen LogP contribution in [0.3, 0.4) is 0 Å². The van der Waals surface area contributed by atoms with Gasteiger partial charge in [0.1, 0.15) is 5.69 Å². The Bertz CT molecular complexity index is 832. The maximum atomic E-state index is 13.0. The van der Waals surface area contributed by atoms with Gasteiger partial charge in [-0.3, -0.25) is 14.6 Å². The molecule has 1 spiro atoms. The predicted molar refractivity (Wildman–Crippen MR) is 102 cm³/mol. The zero-order valence-electron chi connectivity index (χ0n) is 15.8. The molecule has 6 nitrogen and oxygen atoms in total. The highest BCUT2D eigenvalue weighted by molar-refractivity contribution is 5.92. The van der Waals surface area contributed by atoms with E-state index in [0.717, 1.165) is 50.2 Å². The minimum atomic E-state index is 0.0139. The van der Waals surface area contributed by atoms with Crippen molar-refractivity contribution in [2.75, 3.05) is 19.6 Å². The van der Waals surface area contributed by atoms with Crippen LogP contribution in [0, 0.1) is 5.41 Å². The van der Waals surface area contributed by atoms with Gasteiger partial charge in [0.15, 0.2) is 0 Å². The molecule has 142 valence electrons. The Balaban J connectivity index is 1.49. The van der Waals surface area contributed by atoms with E-state index in [1.807, 2.05) is 51.9 Å². The topological polar surface area (TPSA) is 58.4 Å². The molecular formula is C21H26N4O2. The zero-order valence-corrected chi connectivity index (χ0v) is 15.8. The van der Waals surface area contributed by atoms with E-state index in [1.54, 1.807) is 12.4 Å². The van der Waals surface area contributed by atoms with Crippen LogP contribution in [0.5, 0.6) is 0 Å². The SMILES string of the molecule is Cn1cccc1C(=O)N1CCC[C@@]2(CCC(=O)N(Cc3ccncc3)C2)C1. The molecule has 2 fully saturated rings. The summed E-state index contributed by atoms with van der Waals surface area (Å²) in [5.41, 5.74) is 1.84. The first kappa shape index (κ1) is 17.8. The molecule has 0 unspecified atom stereocenters. The number of hydrogen-bond donors (Lipinski definition) is 0. The Morgan fingerprint density at radius 2 is 2.00 bits per heavy atom. The highest BCUT2D eigenvalue weighted by Crippen LogP contribution is 2.39. The molecule has 2 amide bonds. The molecule has 0 aromatic carbocycles. The molecule has 2 saturated heterocycles. The standard InChI is InChI=1S/C21H26N4O2/c1-23-12-2-4-18(23)20(27)24-13-3-8-21(15-24)9-5-19(26)25(16-21)14-17-6-10-22-11-7-17/h2,4,6-7,10-12H,3,5,8-9,13-16H2,1H3/t21-/m1/s1. The molecule has 2 aliphatic heterocycles. The number of piperidine rings is 2. The Kier molecular flexibility index (Phi) is 4.72. The summed E-state index contributed by atoms with van der Waals surface area (Å²) in [6.45, 7) is 2.88. The number of carbonyl (C=O) groups excluding carboxylic acids is 2. The van der Waals surface area contributed by atoms with Crippen LogP contribution in [0.4, 0.5) is 0 Å². The maximum absolute atomic E-state index is 13.0. The smallest absolute Gasteiger partial charge is 0.270 e. The summed E-state index contributed by atoms with van der Waals surface area (Å²) in [5, 5.41) is 0. The lowest BCUT2D eigenvalue weighted by atomic mass is 9.73. The molecule has 0 N–H and O–H groups in total. The summed E-state index contributed by atoms with van der Waals surface area (Å²) in [5.74, 6) is 0.308. The van der Waals surface area contributed by atoms with Gasteiger partial charge in [0.25, 0.3) is 5.91 Å². The number of amides is 2. The van der Waals surface area contributed by atoms with Crippen LogP contribution < -0.4 is 0 Å². The fraction of sp³-hybridized carbons (Fsp3) is 0.476. The number of rotatable bonds is 3. The molecule has 6 heteroatoms. The summed E-state index contributed by atoms with van der Waals surface area (Å²) in [6, 6.07) is 7.70. The van der Waals surface area contributed by atoms with Crippen molar-refractivity contribution in [3.63, 3.8) is 0 Å². The molecule has 2 aliphatic rings. The number of pyridine rings is 1. The van der Waals surface area contributed by atoms with Gasteiger partial charge in [0.05, 0.1) is 0 Å². The van der Waals surface area contributed by atoms with Crippen LogP contribution in [0.2, 0.25) is 0 Å². The fourth-order valence-electron chi connectivity index (χ4n) is 4.51. The Morgan fingerprint density at radius 3 is 2.74 bits per heavy atom. The minimum Gasteiger partial charge on any atom is -0.347 e. The van der Waals surface area contributed by atoms with Gasteiger partial charge in [-0.1, -0.05) is 0 Å². The van der Waals surface area contributed by atoms with Gasteiger partial charge < -0.3 is 14.4 Å². The minimum absolute atomic E-state index is 0.0139. The van der Waals surface area contributed by atoms with E-state index >= 15 is 0 Å². The number of aryl methyl sites for hydroxylation is 1. The van der Waals surface area contributed by atoms with E-state index in [0.29, 0.717) is 13.0 Å². The lowest BCUT2D eigenvalue weighted by Gasteiger charge is -2.48. The first-order chi connectivity index (χ1) is 13.1. The van der Waals surface area contributed by atoms with Crippen LogP contribution in [-0.4, -0.2) is 50.8 Å². The number of hydrogen-bond acceptors (Lipinski definition) is 3. The van der Waals surface area contributed by atoms with E-state index in [1.165, 1.54) is 0 Å². The van der Waals surface area contributed by atoms with Crippen LogP contribution in [0.25, 0.3) is 0 Å². The molecule has 4 heterocycles. The quantitative estimate of drug-likeness (QED) is 0.838.